The number of aliphatic carboxylic acids is 1. The first-order valence-electron chi connectivity index (χ1n) is 10.8. The lowest BCUT2D eigenvalue weighted by atomic mass is 10.1. The number of rotatable bonds is 8. The number of aromatic nitrogens is 2. The summed E-state index contributed by atoms with van der Waals surface area (Å²) in [7, 11) is 0. The average molecular weight is 489 g/mol. The number of carboxylic acids is 1. The summed E-state index contributed by atoms with van der Waals surface area (Å²) in [6.45, 7) is 4.04. The molecule has 34 heavy (non-hydrogen) atoms. The molecule has 1 unspecified atom stereocenters. The summed E-state index contributed by atoms with van der Waals surface area (Å²) < 4.78 is 46.1. The number of carbonyl (C=O) groups is 1. The third kappa shape index (κ3) is 4.94. The van der Waals surface area contributed by atoms with Gasteiger partial charge in [-0.15, -0.1) is 11.3 Å². The first kappa shape index (κ1) is 23.8. The van der Waals surface area contributed by atoms with Gasteiger partial charge in [-0.1, -0.05) is 19.1 Å². The molecular formula is C25H23F3N2O3S. The molecule has 0 spiro atoms. The quantitative estimate of drug-likeness (QED) is 0.303. The summed E-state index contributed by atoms with van der Waals surface area (Å²) in [4.78, 5) is 17.0. The highest BCUT2D eigenvalue weighted by Gasteiger charge is 2.30. The number of alkyl halides is 3. The Kier molecular flexibility index (Phi) is 6.65. The van der Waals surface area contributed by atoms with Crippen molar-refractivity contribution in [3.05, 3.63) is 70.9 Å². The van der Waals surface area contributed by atoms with Crippen LogP contribution >= 0.6 is 11.3 Å². The molecule has 0 bridgehead atoms. The van der Waals surface area contributed by atoms with Crippen molar-refractivity contribution in [1.29, 1.82) is 0 Å². The zero-order valence-corrected chi connectivity index (χ0v) is 19.4. The summed E-state index contributed by atoms with van der Waals surface area (Å²) in [6.07, 6.45) is -1.28. The van der Waals surface area contributed by atoms with Crippen LogP contribution in [0.1, 0.15) is 36.0 Å². The molecule has 1 atom stereocenters. The highest BCUT2D eigenvalue weighted by molar-refractivity contribution is 7.15. The summed E-state index contributed by atoms with van der Waals surface area (Å²) in [5.41, 5.74) is 1.67. The number of halogens is 3. The Morgan fingerprint density at radius 2 is 1.91 bits per heavy atom. The lowest BCUT2D eigenvalue weighted by Crippen LogP contribution is -2.14. The van der Waals surface area contributed by atoms with Gasteiger partial charge in [0.1, 0.15) is 16.8 Å². The van der Waals surface area contributed by atoms with Gasteiger partial charge in [-0.3, -0.25) is 0 Å². The molecular weight excluding hydrogens is 465 g/mol. The molecule has 0 amide bonds. The third-order valence-corrected chi connectivity index (χ3v) is 6.92. The van der Waals surface area contributed by atoms with E-state index in [0.29, 0.717) is 29.3 Å². The van der Waals surface area contributed by atoms with Crippen molar-refractivity contribution < 1.29 is 27.8 Å². The van der Waals surface area contributed by atoms with Gasteiger partial charge in [-0.25, -0.2) is 9.78 Å². The molecule has 0 aliphatic heterocycles. The number of hydrogen-bond acceptors (Lipinski definition) is 4. The molecule has 1 N–H and O–H groups in total. The average Bonchev–Trinajstić information content (AvgIpc) is 3.42. The molecule has 0 saturated heterocycles. The van der Waals surface area contributed by atoms with Crippen LogP contribution in [-0.4, -0.2) is 27.2 Å². The Morgan fingerprint density at radius 3 is 2.56 bits per heavy atom. The van der Waals surface area contributed by atoms with Crippen LogP contribution in [0.15, 0.2) is 54.7 Å². The van der Waals surface area contributed by atoms with E-state index in [1.807, 2.05) is 31.2 Å². The van der Waals surface area contributed by atoms with E-state index in [1.54, 1.807) is 17.7 Å². The van der Waals surface area contributed by atoms with Crippen molar-refractivity contribution in [2.45, 2.75) is 38.9 Å². The molecule has 2 heterocycles. The number of aryl methyl sites for hydroxylation is 1. The van der Waals surface area contributed by atoms with Gasteiger partial charge in [-0.05, 0) is 49.7 Å². The van der Waals surface area contributed by atoms with Gasteiger partial charge in [0, 0.05) is 34.0 Å². The van der Waals surface area contributed by atoms with Gasteiger partial charge in [0.05, 0.1) is 17.9 Å². The molecule has 0 radical (unpaired) electrons. The SMILES string of the molecule is CCc1sc(-c2ccc(C(F)(F)F)cc2)nc1CCOc1ccc2c(ccn2C(C)C(=O)O)c1. The van der Waals surface area contributed by atoms with Crippen molar-refractivity contribution in [3.8, 4) is 16.3 Å². The van der Waals surface area contributed by atoms with Crippen molar-refractivity contribution in [2.24, 2.45) is 0 Å². The van der Waals surface area contributed by atoms with E-state index in [4.69, 9.17) is 4.74 Å². The molecule has 9 heteroatoms. The van der Waals surface area contributed by atoms with Gasteiger partial charge < -0.3 is 14.4 Å². The minimum absolute atomic E-state index is 0.390. The van der Waals surface area contributed by atoms with E-state index >= 15 is 0 Å². The van der Waals surface area contributed by atoms with Crippen LogP contribution in [-0.2, 0) is 23.8 Å². The lowest BCUT2D eigenvalue weighted by Gasteiger charge is -2.11. The van der Waals surface area contributed by atoms with E-state index < -0.39 is 23.8 Å². The maximum Gasteiger partial charge on any atom is 0.416 e. The first-order chi connectivity index (χ1) is 16.2. The van der Waals surface area contributed by atoms with Crippen LogP contribution < -0.4 is 4.74 Å². The fourth-order valence-electron chi connectivity index (χ4n) is 3.73. The fourth-order valence-corrected chi connectivity index (χ4v) is 4.79. The number of fused-ring (bicyclic) bond motifs is 1. The van der Waals surface area contributed by atoms with Crippen molar-refractivity contribution >= 4 is 28.2 Å². The summed E-state index contributed by atoms with van der Waals surface area (Å²) in [6, 6.07) is 11.8. The number of hydrogen-bond donors (Lipinski definition) is 1. The summed E-state index contributed by atoms with van der Waals surface area (Å²) >= 11 is 1.48. The van der Waals surface area contributed by atoms with Crippen LogP contribution in [0.2, 0.25) is 0 Å². The maximum atomic E-state index is 12.8. The number of nitrogens with zero attached hydrogens (tertiary/aromatic N) is 2. The number of carboxylic acid groups (broad SMARTS) is 1. The third-order valence-electron chi connectivity index (χ3n) is 5.63. The van der Waals surface area contributed by atoms with E-state index in [2.05, 4.69) is 4.98 Å². The highest BCUT2D eigenvalue weighted by Crippen LogP contribution is 2.33. The molecule has 2 aromatic heterocycles. The van der Waals surface area contributed by atoms with Crippen LogP contribution in [0.4, 0.5) is 13.2 Å². The Labute approximate surface area is 198 Å². The minimum atomic E-state index is -4.36. The zero-order chi connectivity index (χ0) is 24.5. The van der Waals surface area contributed by atoms with E-state index in [1.165, 1.54) is 23.5 Å². The van der Waals surface area contributed by atoms with Crippen molar-refractivity contribution in [3.63, 3.8) is 0 Å². The normalized spacial score (nSPS) is 12.7. The fraction of sp³-hybridized carbons (Fsp3) is 0.280. The Hall–Kier alpha value is -3.33. The Bertz CT molecular complexity index is 1310. The van der Waals surface area contributed by atoms with Gasteiger partial charge >= 0.3 is 12.1 Å². The molecule has 178 valence electrons. The molecule has 4 rings (SSSR count). The monoisotopic (exact) mass is 488 g/mol. The second kappa shape index (κ2) is 9.50. The predicted molar refractivity (Wildman–Crippen MR) is 125 cm³/mol. The second-order valence-electron chi connectivity index (χ2n) is 7.87. The van der Waals surface area contributed by atoms with Crippen LogP contribution in [0.5, 0.6) is 5.75 Å². The van der Waals surface area contributed by atoms with Crippen molar-refractivity contribution in [1.82, 2.24) is 9.55 Å². The number of thiazole rings is 1. The van der Waals surface area contributed by atoms with Crippen molar-refractivity contribution in [2.75, 3.05) is 6.61 Å². The molecule has 2 aromatic carbocycles. The van der Waals surface area contributed by atoms with Crippen LogP contribution in [0, 0.1) is 0 Å². The Balaban J connectivity index is 1.44. The first-order valence-corrected chi connectivity index (χ1v) is 11.6. The zero-order valence-electron chi connectivity index (χ0n) is 18.6. The number of benzene rings is 2. The second-order valence-corrected chi connectivity index (χ2v) is 8.96. The molecule has 0 fully saturated rings. The van der Waals surface area contributed by atoms with Gasteiger partial charge in [-0.2, -0.15) is 13.2 Å². The minimum Gasteiger partial charge on any atom is -0.493 e. The summed E-state index contributed by atoms with van der Waals surface area (Å²) in [5, 5.41) is 10.8. The maximum absolute atomic E-state index is 12.8. The molecule has 0 aliphatic carbocycles. The standard InChI is InChI=1S/C25H23F3N2O3S/c1-3-22-20(29-23(34-22)16-4-6-18(7-5-16)25(26,27)28)11-13-33-19-8-9-21-17(14-19)10-12-30(21)15(2)24(31)32/h4-10,12,14-15H,3,11,13H2,1-2H3,(H,31,32). The molecule has 0 saturated carbocycles. The van der Waals surface area contributed by atoms with Gasteiger partial charge in [0.15, 0.2) is 0 Å². The predicted octanol–water partition coefficient (Wildman–Crippen LogP) is 6.61. The summed E-state index contributed by atoms with van der Waals surface area (Å²) in [5.74, 6) is -0.229. The van der Waals surface area contributed by atoms with Crippen LogP contribution in [0.25, 0.3) is 21.5 Å². The Morgan fingerprint density at radius 1 is 1.18 bits per heavy atom. The number of ether oxygens (including phenoxy) is 1. The van der Waals surface area contributed by atoms with E-state index in [0.717, 1.165) is 40.0 Å². The molecule has 0 aliphatic rings. The van der Waals surface area contributed by atoms with Crippen LogP contribution in [0.3, 0.4) is 0 Å². The molecule has 5 nitrogen and oxygen atoms in total. The largest absolute Gasteiger partial charge is 0.493 e. The topological polar surface area (TPSA) is 64.4 Å². The lowest BCUT2D eigenvalue weighted by molar-refractivity contribution is -0.140. The highest BCUT2D eigenvalue weighted by atomic mass is 32.1. The van der Waals surface area contributed by atoms with E-state index in [-0.39, 0.29) is 0 Å². The smallest absolute Gasteiger partial charge is 0.416 e. The van der Waals surface area contributed by atoms with Gasteiger partial charge in [0.2, 0.25) is 0 Å². The molecule has 4 aromatic rings. The van der Waals surface area contributed by atoms with Gasteiger partial charge in [0.25, 0.3) is 0 Å². The van der Waals surface area contributed by atoms with E-state index in [9.17, 15) is 23.1 Å².